The lowest BCUT2D eigenvalue weighted by Gasteiger charge is -2.43. The third kappa shape index (κ3) is 3.70. The van der Waals surface area contributed by atoms with E-state index in [1.807, 2.05) is 0 Å². The van der Waals surface area contributed by atoms with Crippen LogP contribution in [0.5, 0.6) is 0 Å². The van der Waals surface area contributed by atoms with Crippen LogP contribution in [0.2, 0.25) is 0 Å². The highest BCUT2D eigenvalue weighted by Crippen LogP contribution is 2.44. The van der Waals surface area contributed by atoms with E-state index in [9.17, 15) is 18.0 Å². The third-order valence-electron chi connectivity index (χ3n) is 5.00. The molecule has 25 heavy (non-hydrogen) atoms. The normalized spacial score (nSPS) is 16.3. The zero-order chi connectivity index (χ0) is 18.1. The van der Waals surface area contributed by atoms with E-state index in [2.05, 4.69) is 10.4 Å². The second kappa shape index (κ2) is 6.54. The summed E-state index contributed by atoms with van der Waals surface area (Å²) in [5.74, 6) is -0.151. The van der Waals surface area contributed by atoms with Crippen LogP contribution in [0, 0.1) is 0 Å². The number of nitrogens with one attached hydrogen (secondary N) is 1. The molecule has 1 aliphatic rings. The van der Waals surface area contributed by atoms with Crippen LogP contribution in [0.4, 0.5) is 13.2 Å². The second-order valence-corrected chi connectivity index (χ2v) is 6.61. The number of halogens is 3. The van der Waals surface area contributed by atoms with Crippen LogP contribution in [-0.2, 0) is 29.9 Å². The fourth-order valence-electron chi connectivity index (χ4n) is 3.27. The van der Waals surface area contributed by atoms with Crippen LogP contribution in [-0.4, -0.2) is 22.2 Å². The Hall–Kier alpha value is -2.31. The van der Waals surface area contributed by atoms with E-state index < -0.39 is 17.2 Å². The molecule has 1 heterocycles. The predicted molar refractivity (Wildman–Crippen MR) is 86.9 cm³/mol. The van der Waals surface area contributed by atoms with Crippen molar-refractivity contribution in [3.63, 3.8) is 0 Å². The van der Waals surface area contributed by atoms with Crippen molar-refractivity contribution in [2.75, 3.05) is 6.54 Å². The average Bonchev–Trinajstić information content (AvgIpc) is 2.91. The Morgan fingerprint density at radius 3 is 2.64 bits per heavy atom. The van der Waals surface area contributed by atoms with Crippen molar-refractivity contribution in [2.24, 2.45) is 7.05 Å². The van der Waals surface area contributed by atoms with Crippen LogP contribution in [0.1, 0.15) is 36.1 Å². The van der Waals surface area contributed by atoms with Gasteiger partial charge in [-0.1, -0.05) is 24.6 Å². The zero-order valence-corrected chi connectivity index (χ0v) is 13.9. The second-order valence-electron chi connectivity index (χ2n) is 6.61. The highest BCUT2D eigenvalue weighted by molar-refractivity contribution is 5.78. The lowest BCUT2D eigenvalue weighted by atomic mass is 9.64. The van der Waals surface area contributed by atoms with Gasteiger partial charge in [0.25, 0.3) is 0 Å². The van der Waals surface area contributed by atoms with Gasteiger partial charge in [-0.15, -0.1) is 0 Å². The maximum absolute atomic E-state index is 13.0. The SMILES string of the molecule is Cn1nccc1CC(=O)NCC1(c2cccc(C(F)(F)F)c2)CCC1. The molecular weight excluding hydrogens is 331 g/mol. The summed E-state index contributed by atoms with van der Waals surface area (Å²) in [5, 5.41) is 6.90. The first-order chi connectivity index (χ1) is 11.8. The molecule has 7 heteroatoms. The lowest BCUT2D eigenvalue weighted by Crippen LogP contribution is -2.46. The summed E-state index contributed by atoms with van der Waals surface area (Å²) in [4.78, 5) is 12.2. The Morgan fingerprint density at radius 1 is 1.32 bits per heavy atom. The summed E-state index contributed by atoms with van der Waals surface area (Å²) >= 11 is 0. The zero-order valence-electron chi connectivity index (χ0n) is 13.9. The minimum Gasteiger partial charge on any atom is -0.355 e. The summed E-state index contributed by atoms with van der Waals surface area (Å²) in [6.45, 7) is 0.352. The summed E-state index contributed by atoms with van der Waals surface area (Å²) < 4.78 is 40.5. The van der Waals surface area contributed by atoms with E-state index in [1.165, 1.54) is 12.1 Å². The van der Waals surface area contributed by atoms with Gasteiger partial charge in [-0.05, 0) is 30.5 Å². The number of benzene rings is 1. The van der Waals surface area contributed by atoms with Crippen LogP contribution in [0.25, 0.3) is 0 Å². The average molecular weight is 351 g/mol. The van der Waals surface area contributed by atoms with Gasteiger partial charge in [0.1, 0.15) is 0 Å². The maximum Gasteiger partial charge on any atom is 0.416 e. The molecule has 134 valence electrons. The van der Waals surface area contributed by atoms with Gasteiger partial charge in [0, 0.05) is 30.9 Å². The van der Waals surface area contributed by atoms with Gasteiger partial charge in [0.05, 0.1) is 12.0 Å². The number of hydrogen-bond donors (Lipinski definition) is 1. The van der Waals surface area contributed by atoms with Crippen molar-refractivity contribution in [3.05, 3.63) is 53.3 Å². The third-order valence-corrected chi connectivity index (χ3v) is 5.00. The minimum absolute atomic E-state index is 0.151. The summed E-state index contributed by atoms with van der Waals surface area (Å²) in [6.07, 6.45) is -0.0218. The number of rotatable bonds is 5. The van der Waals surface area contributed by atoms with Gasteiger partial charge in [-0.3, -0.25) is 9.48 Å². The Labute approximate surface area is 144 Å². The Bertz CT molecular complexity index is 763. The fraction of sp³-hybridized carbons (Fsp3) is 0.444. The molecule has 3 rings (SSSR count). The van der Waals surface area contributed by atoms with Gasteiger partial charge in [0.2, 0.25) is 5.91 Å². The number of carbonyl (C=O) groups is 1. The molecule has 1 amide bonds. The molecule has 0 saturated heterocycles. The van der Waals surface area contributed by atoms with Crippen molar-refractivity contribution < 1.29 is 18.0 Å². The molecule has 4 nitrogen and oxygen atoms in total. The molecule has 1 aliphatic carbocycles. The lowest BCUT2D eigenvalue weighted by molar-refractivity contribution is -0.137. The Kier molecular flexibility index (Phi) is 4.58. The van der Waals surface area contributed by atoms with E-state index in [0.29, 0.717) is 12.1 Å². The standard InChI is InChI=1S/C18H20F3N3O/c1-24-15(6-9-23-24)11-16(25)22-12-17(7-3-8-17)13-4-2-5-14(10-13)18(19,20)21/h2,4-6,9-10H,3,7-8,11-12H2,1H3,(H,22,25). The van der Waals surface area contributed by atoms with Gasteiger partial charge in [0.15, 0.2) is 0 Å². The molecule has 1 aromatic heterocycles. The van der Waals surface area contributed by atoms with E-state index in [0.717, 1.165) is 31.0 Å². The van der Waals surface area contributed by atoms with E-state index in [4.69, 9.17) is 0 Å². The topological polar surface area (TPSA) is 46.9 Å². The summed E-state index contributed by atoms with van der Waals surface area (Å²) in [6, 6.07) is 7.23. The number of nitrogens with zero attached hydrogens (tertiary/aromatic N) is 2. The molecule has 1 fully saturated rings. The van der Waals surface area contributed by atoms with E-state index >= 15 is 0 Å². The molecule has 0 atom stereocenters. The molecule has 0 bridgehead atoms. The summed E-state index contributed by atoms with van der Waals surface area (Å²) in [7, 11) is 1.76. The fourth-order valence-corrected chi connectivity index (χ4v) is 3.27. The number of carbonyl (C=O) groups excluding carboxylic acids is 1. The molecule has 0 aliphatic heterocycles. The smallest absolute Gasteiger partial charge is 0.355 e. The first-order valence-corrected chi connectivity index (χ1v) is 8.21. The number of aromatic nitrogens is 2. The van der Waals surface area contributed by atoms with Crippen molar-refractivity contribution in [3.8, 4) is 0 Å². The van der Waals surface area contributed by atoms with E-state index in [1.54, 1.807) is 30.1 Å². The van der Waals surface area contributed by atoms with Crippen LogP contribution in [0.15, 0.2) is 36.5 Å². The Morgan fingerprint density at radius 2 is 2.08 bits per heavy atom. The molecular formula is C18H20F3N3O. The first kappa shape index (κ1) is 17.5. The molecule has 2 aromatic rings. The van der Waals surface area contributed by atoms with Crippen molar-refractivity contribution >= 4 is 5.91 Å². The van der Waals surface area contributed by atoms with Crippen LogP contribution >= 0.6 is 0 Å². The van der Waals surface area contributed by atoms with Gasteiger partial charge in [-0.2, -0.15) is 18.3 Å². The number of aryl methyl sites for hydroxylation is 1. The highest BCUT2D eigenvalue weighted by Gasteiger charge is 2.40. The van der Waals surface area contributed by atoms with Gasteiger partial charge < -0.3 is 5.32 Å². The van der Waals surface area contributed by atoms with Crippen molar-refractivity contribution in [2.45, 2.75) is 37.3 Å². The van der Waals surface area contributed by atoms with Gasteiger partial charge >= 0.3 is 6.18 Å². The highest BCUT2D eigenvalue weighted by atomic mass is 19.4. The van der Waals surface area contributed by atoms with Gasteiger partial charge in [-0.25, -0.2) is 0 Å². The molecule has 0 unspecified atom stereocenters. The number of hydrogen-bond acceptors (Lipinski definition) is 2. The van der Waals surface area contributed by atoms with E-state index in [-0.39, 0.29) is 12.3 Å². The van der Waals surface area contributed by atoms with Crippen LogP contribution in [0.3, 0.4) is 0 Å². The quantitative estimate of drug-likeness (QED) is 0.899. The first-order valence-electron chi connectivity index (χ1n) is 8.21. The summed E-state index contributed by atoms with van der Waals surface area (Å²) in [5.41, 5.74) is 0.398. The molecule has 0 spiro atoms. The maximum atomic E-state index is 13.0. The number of amides is 1. The molecule has 1 saturated carbocycles. The Balaban J connectivity index is 1.69. The van der Waals surface area contributed by atoms with Crippen molar-refractivity contribution in [1.82, 2.24) is 15.1 Å². The molecule has 1 N–H and O–H groups in total. The van der Waals surface area contributed by atoms with Crippen molar-refractivity contribution in [1.29, 1.82) is 0 Å². The molecule has 0 radical (unpaired) electrons. The largest absolute Gasteiger partial charge is 0.416 e. The monoisotopic (exact) mass is 351 g/mol. The minimum atomic E-state index is -4.36. The predicted octanol–water partition coefficient (Wildman–Crippen LogP) is 3.22. The number of alkyl halides is 3. The molecule has 1 aromatic carbocycles. The van der Waals surface area contributed by atoms with Crippen LogP contribution < -0.4 is 5.32 Å².